The Kier molecular flexibility index (Phi) is 6.07. The third-order valence-corrected chi connectivity index (χ3v) is 4.92. The van der Waals surface area contributed by atoms with Crippen LogP contribution in [0, 0.1) is 0 Å². The van der Waals surface area contributed by atoms with Crippen LogP contribution in [0.2, 0.25) is 0 Å². The van der Waals surface area contributed by atoms with Crippen molar-refractivity contribution in [2.75, 3.05) is 25.6 Å². The van der Waals surface area contributed by atoms with Crippen molar-refractivity contribution < 1.29 is 14.3 Å². The predicted molar refractivity (Wildman–Crippen MR) is 106 cm³/mol. The van der Waals surface area contributed by atoms with E-state index in [-0.39, 0.29) is 12.3 Å². The molecule has 136 valence electrons. The van der Waals surface area contributed by atoms with Crippen molar-refractivity contribution in [3.05, 3.63) is 48.0 Å². The van der Waals surface area contributed by atoms with Gasteiger partial charge in [-0.05, 0) is 42.8 Å². The number of fused-ring (bicyclic) bond motifs is 1. The number of ketones is 1. The number of aromatic nitrogens is 1. The molecule has 1 aromatic heterocycles. The Hall–Kier alpha value is -2.60. The lowest BCUT2D eigenvalue weighted by molar-refractivity contribution is 0.101. The normalized spacial score (nSPS) is 10.7. The van der Waals surface area contributed by atoms with Gasteiger partial charge in [0.15, 0.2) is 10.9 Å². The summed E-state index contributed by atoms with van der Waals surface area (Å²) in [5, 5.41) is 3.82. The van der Waals surface area contributed by atoms with Gasteiger partial charge in [0, 0.05) is 5.56 Å². The van der Waals surface area contributed by atoms with Crippen LogP contribution in [0.25, 0.3) is 10.2 Å². The fourth-order valence-corrected chi connectivity index (χ4v) is 3.37. The summed E-state index contributed by atoms with van der Waals surface area (Å²) in [6.07, 6.45) is 2.12. The first kappa shape index (κ1) is 18.2. The Labute approximate surface area is 157 Å². The summed E-state index contributed by atoms with van der Waals surface area (Å²) in [4.78, 5) is 16.9. The molecule has 0 saturated heterocycles. The SMILES string of the molecule is CCCCOc1ccc(C(=O)CNc2nc3c(OC)cccc3s2)cc1. The van der Waals surface area contributed by atoms with Crippen LogP contribution in [0.1, 0.15) is 30.1 Å². The van der Waals surface area contributed by atoms with Crippen molar-refractivity contribution in [3.8, 4) is 11.5 Å². The summed E-state index contributed by atoms with van der Waals surface area (Å²) < 4.78 is 12.0. The first-order chi connectivity index (χ1) is 12.7. The third-order valence-electron chi connectivity index (χ3n) is 3.94. The summed E-state index contributed by atoms with van der Waals surface area (Å²) in [6, 6.07) is 13.1. The molecule has 6 heteroatoms. The highest BCUT2D eigenvalue weighted by Crippen LogP contribution is 2.32. The molecule has 0 atom stereocenters. The molecular formula is C20H22N2O3S. The molecule has 0 bridgehead atoms. The van der Waals surface area contributed by atoms with Gasteiger partial charge in [0.05, 0.1) is 25.0 Å². The molecule has 0 saturated carbocycles. The van der Waals surface area contributed by atoms with Crippen molar-refractivity contribution >= 4 is 32.5 Å². The number of carbonyl (C=O) groups is 1. The Balaban J connectivity index is 1.60. The Morgan fingerprint density at radius 2 is 2.00 bits per heavy atom. The Morgan fingerprint density at radius 1 is 1.19 bits per heavy atom. The van der Waals surface area contributed by atoms with E-state index in [1.807, 2.05) is 30.3 Å². The molecule has 0 radical (unpaired) electrons. The van der Waals surface area contributed by atoms with Crippen LogP contribution in [-0.2, 0) is 0 Å². The van der Waals surface area contributed by atoms with E-state index < -0.39 is 0 Å². The predicted octanol–water partition coefficient (Wildman–Crippen LogP) is 4.78. The summed E-state index contributed by atoms with van der Waals surface area (Å²) in [6.45, 7) is 3.02. The molecule has 0 aliphatic rings. The highest BCUT2D eigenvalue weighted by atomic mass is 32.1. The highest BCUT2D eigenvalue weighted by Gasteiger charge is 2.11. The number of nitrogens with zero attached hydrogens (tertiary/aromatic N) is 1. The number of methoxy groups -OCH3 is 1. The van der Waals surface area contributed by atoms with Crippen LogP contribution in [-0.4, -0.2) is 31.0 Å². The van der Waals surface area contributed by atoms with Gasteiger partial charge in [-0.25, -0.2) is 4.98 Å². The smallest absolute Gasteiger partial charge is 0.184 e. The minimum atomic E-state index is 0.0105. The number of Topliss-reactive ketones (excluding diaryl/α,β-unsaturated/α-hetero) is 1. The van der Waals surface area contributed by atoms with E-state index in [4.69, 9.17) is 9.47 Å². The van der Waals surface area contributed by atoms with E-state index in [2.05, 4.69) is 17.2 Å². The molecule has 5 nitrogen and oxygen atoms in total. The fraction of sp³-hybridized carbons (Fsp3) is 0.300. The molecule has 0 aliphatic heterocycles. The summed E-state index contributed by atoms with van der Waals surface area (Å²) in [5.41, 5.74) is 1.46. The van der Waals surface area contributed by atoms with E-state index in [0.29, 0.717) is 17.3 Å². The number of ether oxygens (including phenoxy) is 2. The van der Waals surface area contributed by atoms with Crippen LogP contribution in [0.3, 0.4) is 0 Å². The molecule has 2 aromatic carbocycles. The summed E-state index contributed by atoms with van der Waals surface area (Å²) >= 11 is 1.50. The second-order valence-electron chi connectivity index (χ2n) is 5.83. The maximum atomic E-state index is 12.4. The van der Waals surface area contributed by atoms with E-state index in [0.717, 1.165) is 34.6 Å². The molecule has 3 aromatic rings. The Morgan fingerprint density at radius 3 is 2.73 bits per heavy atom. The van der Waals surface area contributed by atoms with Gasteiger partial charge in [-0.1, -0.05) is 30.7 Å². The Bertz CT molecular complexity index is 874. The molecule has 26 heavy (non-hydrogen) atoms. The molecule has 0 fully saturated rings. The van der Waals surface area contributed by atoms with Crippen molar-refractivity contribution in [1.29, 1.82) is 0 Å². The minimum absolute atomic E-state index is 0.0105. The number of para-hydroxylation sites is 1. The molecule has 3 rings (SSSR count). The number of rotatable bonds is 9. The zero-order valence-electron chi connectivity index (χ0n) is 15.0. The largest absolute Gasteiger partial charge is 0.494 e. The van der Waals surface area contributed by atoms with Crippen molar-refractivity contribution in [1.82, 2.24) is 4.98 Å². The number of carbonyl (C=O) groups excluding carboxylic acids is 1. The summed E-state index contributed by atoms with van der Waals surface area (Å²) in [5.74, 6) is 1.54. The van der Waals surface area contributed by atoms with Gasteiger partial charge in [-0.15, -0.1) is 0 Å². The molecule has 0 spiro atoms. The number of hydrogen-bond acceptors (Lipinski definition) is 6. The minimum Gasteiger partial charge on any atom is -0.494 e. The average Bonchev–Trinajstić information content (AvgIpc) is 3.10. The lowest BCUT2D eigenvalue weighted by atomic mass is 10.1. The highest BCUT2D eigenvalue weighted by molar-refractivity contribution is 7.22. The van der Waals surface area contributed by atoms with Crippen LogP contribution >= 0.6 is 11.3 Å². The molecule has 0 aliphatic carbocycles. The second kappa shape index (κ2) is 8.67. The van der Waals surface area contributed by atoms with Crippen LogP contribution in [0.4, 0.5) is 5.13 Å². The zero-order valence-corrected chi connectivity index (χ0v) is 15.8. The molecule has 0 unspecified atom stereocenters. The maximum Gasteiger partial charge on any atom is 0.184 e. The standard InChI is InChI=1S/C20H22N2O3S/c1-3-4-12-25-15-10-8-14(9-11-15)16(23)13-21-20-22-19-17(24-2)6-5-7-18(19)26-20/h5-11H,3-4,12-13H2,1-2H3,(H,21,22). The number of benzene rings is 2. The monoisotopic (exact) mass is 370 g/mol. The number of anilines is 1. The second-order valence-corrected chi connectivity index (χ2v) is 6.86. The van der Waals surface area contributed by atoms with Crippen LogP contribution < -0.4 is 14.8 Å². The van der Waals surface area contributed by atoms with E-state index >= 15 is 0 Å². The third kappa shape index (κ3) is 4.32. The lowest BCUT2D eigenvalue weighted by Crippen LogP contribution is -2.13. The number of hydrogen-bond donors (Lipinski definition) is 1. The topological polar surface area (TPSA) is 60.5 Å². The molecular weight excluding hydrogens is 348 g/mol. The number of nitrogens with one attached hydrogen (secondary N) is 1. The van der Waals surface area contributed by atoms with Gasteiger partial charge in [0.25, 0.3) is 0 Å². The van der Waals surface area contributed by atoms with Gasteiger partial charge in [-0.2, -0.15) is 0 Å². The molecule has 1 heterocycles. The lowest BCUT2D eigenvalue weighted by Gasteiger charge is -2.06. The average molecular weight is 370 g/mol. The molecule has 1 N–H and O–H groups in total. The van der Waals surface area contributed by atoms with E-state index in [1.165, 1.54) is 11.3 Å². The van der Waals surface area contributed by atoms with E-state index in [9.17, 15) is 4.79 Å². The van der Waals surface area contributed by atoms with Gasteiger partial charge in [0.1, 0.15) is 17.0 Å². The number of thiazole rings is 1. The fourth-order valence-electron chi connectivity index (χ4n) is 2.49. The first-order valence-corrected chi connectivity index (χ1v) is 9.46. The van der Waals surface area contributed by atoms with Gasteiger partial charge in [0.2, 0.25) is 0 Å². The number of unbranched alkanes of at least 4 members (excludes halogenated alkanes) is 1. The maximum absolute atomic E-state index is 12.4. The summed E-state index contributed by atoms with van der Waals surface area (Å²) in [7, 11) is 1.63. The van der Waals surface area contributed by atoms with Gasteiger partial charge < -0.3 is 14.8 Å². The quantitative estimate of drug-likeness (QED) is 0.434. The van der Waals surface area contributed by atoms with Gasteiger partial charge >= 0.3 is 0 Å². The first-order valence-electron chi connectivity index (χ1n) is 8.64. The zero-order chi connectivity index (χ0) is 18.4. The van der Waals surface area contributed by atoms with Crippen molar-refractivity contribution in [2.45, 2.75) is 19.8 Å². The van der Waals surface area contributed by atoms with Crippen LogP contribution in [0.15, 0.2) is 42.5 Å². The molecule has 0 amide bonds. The van der Waals surface area contributed by atoms with Crippen LogP contribution in [0.5, 0.6) is 11.5 Å². The van der Waals surface area contributed by atoms with Crippen molar-refractivity contribution in [2.24, 2.45) is 0 Å². The van der Waals surface area contributed by atoms with E-state index in [1.54, 1.807) is 19.2 Å². The van der Waals surface area contributed by atoms with Gasteiger partial charge in [-0.3, -0.25) is 4.79 Å². The van der Waals surface area contributed by atoms with Crippen molar-refractivity contribution in [3.63, 3.8) is 0 Å².